The molecule has 0 unspecified atom stereocenters. The number of fused-ring (bicyclic) bond motifs is 1. The van der Waals surface area contributed by atoms with Gasteiger partial charge in [0.1, 0.15) is 5.69 Å². The molecule has 2 aromatic rings. The summed E-state index contributed by atoms with van der Waals surface area (Å²) in [4.78, 5) is 36.8. The fraction of sp³-hybridized carbons (Fsp3) is 0.421. The van der Waals surface area contributed by atoms with Crippen LogP contribution >= 0.6 is 0 Å². The van der Waals surface area contributed by atoms with E-state index in [4.69, 9.17) is 5.73 Å². The predicted molar refractivity (Wildman–Crippen MR) is 106 cm³/mol. The number of hydrogen-bond acceptors (Lipinski definition) is 6. The molecule has 4 rings (SSSR count). The number of piperidine rings is 1. The molecular weight excluding hydrogens is 376 g/mol. The lowest BCUT2D eigenvalue weighted by atomic mass is 9.91. The molecule has 1 saturated heterocycles. The number of aromatic nitrogens is 2. The molecule has 3 N–H and O–H groups in total. The summed E-state index contributed by atoms with van der Waals surface area (Å²) < 4.78 is 1.56. The number of nitrogens with zero attached hydrogens (tertiary/aromatic N) is 4. The zero-order valence-electron chi connectivity index (χ0n) is 16.1. The largest absolute Gasteiger partial charge is 0.365 e. The summed E-state index contributed by atoms with van der Waals surface area (Å²) in [6.45, 7) is 1.12. The molecule has 0 bridgehead atoms. The number of amides is 2. The van der Waals surface area contributed by atoms with Crippen LogP contribution in [0.5, 0.6) is 0 Å². The van der Waals surface area contributed by atoms with Gasteiger partial charge in [-0.1, -0.05) is 0 Å². The molecule has 2 aliphatic heterocycles. The van der Waals surface area contributed by atoms with Gasteiger partial charge in [0.15, 0.2) is 0 Å². The second-order valence-electron chi connectivity index (χ2n) is 7.55. The Balaban J connectivity index is 1.70. The first-order chi connectivity index (χ1) is 13.8. The van der Waals surface area contributed by atoms with Crippen molar-refractivity contribution < 1.29 is 14.5 Å². The van der Waals surface area contributed by atoms with Gasteiger partial charge in [0, 0.05) is 50.4 Å². The lowest BCUT2D eigenvalue weighted by Gasteiger charge is -2.34. The molecule has 1 fully saturated rings. The Morgan fingerprint density at radius 3 is 2.90 bits per heavy atom. The summed E-state index contributed by atoms with van der Waals surface area (Å²) in [6, 6.07) is 3.25. The van der Waals surface area contributed by atoms with Crippen LogP contribution < -0.4 is 16.0 Å². The van der Waals surface area contributed by atoms with E-state index in [1.165, 1.54) is 0 Å². The summed E-state index contributed by atoms with van der Waals surface area (Å²) in [5.74, 6) is -0.696. The van der Waals surface area contributed by atoms with Gasteiger partial charge in [-0.2, -0.15) is 5.10 Å². The maximum absolute atomic E-state index is 11.8. The zero-order valence-corrected chi connectivity index (χ0v) is 16.1. The quantitative estimate of drug-likeness (QED) is 0.594. The number of primary amides is 1. The van der Waals surface area contributed by atoms with Gasteiger partial charge in [0.2, 0.25) is 5.91 Å². The van der Waals surface area contributed by atoms with Crippen LogP contribution in [0.1, 0.15) is 46.8 Å². The highest BCUT2D eigenvalue weighted by Gasteiger charge is 2.31. The van der Waals surface area contributed by atoms with Crippen molar-refractivity contribution in [2.45, 2.75) is 31.6 Å². The number of carbonyl (C=O) groups is 2. The van der Waals surface area contributed by atoms with Crippen LogP contribution in [0.2, 0.25) is 0 Å². The van der Waals surface area contributed by atoms with Gasteiger partial charge in [-0.15, -0.1) is 0 Å². The van der Waals surface area contributed by atoms with Crippen LogP contribution in [0.3, 0.4) is 0 Å². The Hall–Kier alpha value is -3.43. The third-order valence-corrected chi connectivity index (χ3v) is 5.56. The molecule has 1 aromatic heterocycles. The number of nitrogens with one attached hydrogen (secondary N) is 1. The Morgan fingerprint density at radius 2 is 2.17 bits per heavy atom. The third kappa shape index (κ3) is 3.53. The van der Waals surface area contributed by atoms with Gasteiger partial charge in [-0.3, -0.25) is 24.4 Å². The van der Waals surface area contributed by atoms with Crippen LogP contribution in [-0.2, 0) is 18.3 Å². The first-order valence-electron chi connectivity index (χ1n) is 9.53. The molecule has 0 aliphatic carbocycles. The topological polar surface area (TPSA) is 136 Å². The third-order valence-electron chi connectivity index (χ3n) is 5.56. The van der Waals surface area contributed by atoms with Crippen molar-refractivity contribution in [3.8, 4) is 0 Å². The van der Waals surface area contributed by atoms with Crippen LogP contribution in [0.4, 0.5) is 17.1 Å². The number of nitro benzene ring substituents is 1. The minimum atomic E-state index is -0.535. The molecule has 152 valence electrons. The summed E-state index contributed by atoms with van der Waals surface area (Å²) in [5.41, 5.74) is 8.39. The highest BCUT2D eigenvalue weighted by molar-refractivity contribution is 5.95. The molecule has 1 atom stereocenters. The van der Waals surface area contributed by atoms with E-state index >= 15 is 0 Å². The van der Waals surface area contributed by atoms with E-state index in [-0.39, 0.29) is 22.4 Å². The highest BCUT2D eigenvalue weighted by Crippen LogP contribution is 2.39. The molecule has 10 nitrogen and oxygen atoms in total. The lowest BCUT2D eigenvalue weighted by molar-refractivity contribution is -0.384. The first-order valence-corrected chi connectivity index (χ1v) is 9.53. The maximum Gasteiger partial charge on any atom is 0.292 e. The van der Waals surface area contributed by atoms with Crippen LogP contribution in [0, 0.1) is 10.1 Å². The summed E-state index contributed by atoms with van der Waals surface area (Å²) in [5, 5.41) is 19.0. The second kappa shape index (κ2) is 7.19. The molecule has 0 spiro atoms. The number of aryl methyl sites for hydroxylation is 2. The Morgan fingerprint density at radius 1 is 1.38 bits per heavy atom. The van der Waals surface area contributed by atoms with Crippen LogP contribution in [0.15, 0.2) is 18.3 Å². The lowest BCUT2D eigenvalue weighted by Crippen LogP contribution is -2.36. The van der Waals surface area contributed by atoms with Gasteiger partial charge in [-0.25, -0.2) is 0 Å². The number of hydrogen-bond donors (Lipinski definition) is 2. The monoisotopic (exact) mass is 398 g/mol. The smallest absolute Gasteiger partial charge is 0.292 e. The molecule has 3 heterocycles. The van der Waals surface area contributed by atoms with Crippen molar-refractivity contribution in [1.82, 2.24) is 9.78 Å². The average molecular weight is 398 g/mol. The zero-order chi connectivity index (χ0) is 20.7. The average Bonchev–Trinajstić information content (AvgIpc) is 3.09. The normalized spacial score (nSPS) is 18.9. The number of nitrogens with two attached hydrogens (primary N) is 1. The van der Waals surface area contributed by atoms with Crippen LogP contribution in [-0.4, -0.2) is 39.6 Å². The molecular formula is C19H22N6O4. The van der Waals surface area contributed by atoms with E-state index < -0.39 is 5.91 Å². The fourth-order valence-electron chi connectivity index (χ4n) is 4.22. The number of anilines is 2. The Labute approximate surface area is 166 Å². The van der Waals surface area contributed by atoms with E-state index in [0.29, 0.717) is 48.6 Å². The van der Waals surface area contributed by atoms with Gasteiger partial charge in [-0.05, 0) is 30.9 Å². The summed E-state index contributed by atoms with van der Waals surface area (Å²) >= 11 is 0. The van der Waals surface area contributed by atoms with Crippen molar-refractivity contribution in [2.75, 3.05) is 23.3 Å². The number of benzene rings is 1. The number of carbonyl (C=O) groups excluding carboxylic acids is 2. The van der Waals surface area contributed by atoms with Gasteiger partial charge in [0.05, 0.1) is 16.2 Å². The van der Waals surface area contributed by atoms with Crippen molar-refractivity contribution in [1.29, 1.82) is 0 Å². The minimum absolute atomic E-state index is 0.0247. The number of nitro groups is 1. The van der Waals surface area contributed by atoms with Crippen molar-refractivity contribution in [3.63, 3.8) is 0 Å². The van der Waals surface area contributed by atoms with E-state index in [1.54, 1.807) is 30.1 Å². The van der Waals surface area contributed by atoms with Crippen LogP contribution in [0.25, 0.3) is 0 Å². The molecule has 0 saturated carbocycles. The minimum Gasteiger partial charge on any atom is -0.365 e. The molecule has 0 radical (unpaired) electrons. The Kier molecular flexibility index (Phi) is 4.69. The molecule has 1 aromatic carbocycles. The van der Waals surface area contributed by atoms with Crippen molar-refractivity contribution in [3.05, 3.63) is 45.3 Å². The van der Waals surface area contributed by atoms with Crippen molar-refractivity contribution in [2.24, 2.45) is 12.8 Å². The van der Waals surface area contributed by atoms with Gasteiger partial charge in [0.25, 0.3) is 11.6 Å². The summed E-state index contributed by atoms with van der Waals surface area (Å²) in [7, 11) is 1.73. The second-order valence-corrected chi connectivity index (χ2v) is 7.55. The Bertz CT molecular complexity index is 1010. The van der Waals surface area contributed by atoms with Gasteiger partial charge >= 0.3 is 0 Å². The molecule has 29 heavy (non-hydrogen) atoms. The predicted octanol–water partition coefficient (Wildman–Crippen LogP) is 1.70. The van der Waals surface area contributed by atoms with E-state index in [2.05, 4.69) is 10.4 Å². The molecule has 2 aliphatic rings. The SMILES string of the molecule is Cn1cc(C(N)=O)c([C@@H]2CCCN(c3cc4c(cc3[N+](=O)[O-])CCC(=O)N4)C2)n1. The molecule has 10 heteroatoms. The molecule has 2 amide bonds. The van der Waals surface area contributed by atoms with E-state index in [1.807, 2.05) is 4.90 Å². The first kappa shape index (κ1) is 18.9. The number of rotatable bonds is 4. The highest BCUT2D eigenvalue weighted by atomic mass is 16.6. The maximum atomic E-state index is 11.8. The van der Waals surface area contributed by atoms with Crippen molar-refractivity contribution >= 4 is 28.9 Å². The standard InChI is InChI=1S/C19H22N6O4/c1-23-10-13(19(20)27)18(22-23)12-3-2-6-24(9-12)15-8-14-11(4-5-17(26)21-14)7-16(15)25(28)29/h7-8,10,12H,2-6,9H2,1H3,(H2,20,27)(H,21,26)/t12-/m1/s1. The van der Waals surface area contributed by atoms with Gasteiger partial charge < -0.3 is 16.0 Å². The fourth-order valence-corrected chi connectivity index (χ4v) is 4.22. The van der Waals surface area contributed by atoms with E-state index in [0.717, 1.165) is 18.4 Å². The van der Waals surface area contributed by atoms with E-state index in [9.17, 15) is 19.7 Å². The summed E-state index contributed by atoms with van der Waals surface area (Å²) in [6.07, 6.45) is 4.02.